The Hall–Kier alpha value is -2.39. The fraction of sp³-hybridized carbons (Fsp3) is 0.0667. The number of benzene rings is 2. The van der Waals surface area contributed by atoms with Crippen LogP contribution in [-0.2, 0) is 9.84 Å². The molecule has 1 amide bonds. The van der Waals surface area contributed by atoms with E-state index < -0.39 is 27.4 Å². The number of halogens is 2. The van der Waals surface area contributed by atoms with Crippen LogP contribution in [0.2, 0.25) is 0 Å². The molecular weight excluding hydrogens is 358 g/mol. The molecule has 9 heteroatoms. The third-order valence-electron chi connectivity index (χ3n) is 3.13. The predicted octanol–water partition coefficient (Wildman–Crippen LogP) is 3.23. The smallest absolute Gasteiger partial charge is 0.257 e. The summed E-state index contributed by atoms with van der Waals surface area (Å²) < 4.78 is 50.0. The summed E-state index contributed by atoms with van der Waals surface area (Å²) in [4.78, 5) is 16.3. The number of nitrogens with one attached hydrogen (secondary N) is 1. The SMILES string of the molecule is CS(=O)(=O)c1ccc2nc(NC(=O)c3cc(F)cc(F)c3)sc2c1. The molecule has 1 N–H and O–H groups in total. The van der Waals surface area contributed by atoms with Crippen LogP contribution in [0.1, 0.15) is 10.4 Å². The Kier molecular flexibility index (Phi) is 4.06. The van der Waals surface area contributed by atoms with Gasteiger partial charge in [-0.2, -0.15) is 0 Å². The lowest BCUT2D eigenvalue weighted by molar-refractivity contribution is 0.102. The summed E-state index contributed by atoms with van der Waals surface area (Å²) in [6.45, 7) is 0. The van der Waals surface area contributed by atoms with Gasteiger partial charge in [0.1, 0.15) is 11.6 Å². The zero-order valence-electron chi connectivity index (χ0n) is 12.2. The van der Waals surface area contributed by atoms with E-state index in [2.05, 4.69) is 10.3 Å². The van der Waals surface area contributed by atoms with Gasteiger partial charge in [-0.1, -0.05) is 11.3 Å². The second kappa shape index (κ2) is 5.91. The lowest BCUT2D eigenvalue weighted by Gasteiger charge is -2.02. The molecule has 3 aromatic rings. The monoisotopic (exact) mass is 368 g/mol. The van der Waals surface area contributed by atoms with Gasteiger partial charge in [0, 0.05) is 17.9 Å². The Bertz CT molecular complexity index is 1040. The highest BCUT2D eigenvalue weighted by atomic mass is 32.2. The first-order valence-electron chi connectivity index (χ1n) is 6.60. The number of carbonyl (C=O) groups is 1. The zero-order chi connectivity index (χ0) is 17.5. The lowest BCUT2D eigenvalue weighted by atomic mass is 10.2. The van der Waals surface area contributed by atoms with Gasteiger partial charge in [-0.15, -0.1) is 0 Å². The van der Waals surface area contributed by atoms with Gasteiger partial charge in [0.25, 0.3) is 5.91 Å². The van der Waals surface area contributed by atoms with Crippen molar-refractivity contribution in [3.8, 4) is 0 Å². The number of hydrogen-bond donors (Lipinski definition) is 1. The number of fused-ring (bicyclic) bond motifs is 1. The standard InChI is InChI=1S/C15H10F2N2O3S2/c1-24(21,22)11-2-3-12-13(7-11)23-15(18-12)19-14(20)8-4-9(16)6-10(17)5-8/h2-7H,1H3,(H,18,19,20). The molecule has 0 bridgehead atoms. The van der Waals surface area contributed by atoms with Crippen LogP contribution in [0.3, 0.4) is 0 Å². The first kappa shape index (κ1) is 16.5. The highest BCUT2D eigenvalue weighted by Gasteiger charge is 2.14. The van der Waals surface area contributed by atoms with Crippen LogP contribution in [0, 0.1) is 11.6 Å². The van der Waals surface area contributed by atoms with E-state index in [1.165, 1.54) is 18.2 Å². The molecule has 24 heavy (non-hydrogen) atoms. The van der Waals surface area contributed by atoms with Crippen molar-refractivity contribution in [3.05, 3.63) is 53.6 Å². The molecule has 0 saturated carbocycles. The van der Waals surface area contributed by atoms with Gasteiger partial charge in [-0.05, 0) is 30.3 Å². The van der Waals surface area contributed by atoms with E-state index in [4.69, 9.17) is 0 Å². The van der Waals surface area contributed by atoms with Gasteiger partial charge in [0.05, 0.1) is 15.1 Å². The van der Waals surface area contributed by atoms with Crippen molar-refractivity contribution >= 4 is 42.4 Å². The molecule has 0 aliphatic rings. The fourth-order valence-electron chi connectivity index (χ4n) is 2.04. The molecule has 5 nitrogen and oxygen atoms in total. The molecule has 0 spiro atoms. The molecule has 0 atom stereocenters. The predicted molar refractivity (Wildman–Crippen MR) is 87.0 cm³/mol. The van der Waals surface area contributed by atoms with E-state index in [9.17, 15) is 22.0 Å². The second-order valence-corrected chi connectivity index (χ2v) is 8.08. The first-order chi connectivity index (χ1) is 11.2. The number of hydrogen-bond acceptors (Lipinski definition) is 5. The second-order valence-electron chi connectivity index (χ2n) is 5.03. The van der Waals surface area contributed by atoms with Crippen molar-refractivity contribution < 1.29 is 22.0 Å². The van der Waals surface area contributed by atoms with Gasteiger partial charge < -0.3 is 0 Å². The molecule has 0 aliphatic heterocycles. The third kappa shape index (κ3) is 3.41. The fourth-order valence-corrected chi connectivity index (χ4v) is 3.67. The first-order valence-corrected chi connectivity index (χ1v) is 9.31. The Morgan fingerprint density at radius 1 is 1.12 bits per heavy atom. The van der Waals surface area contributed by atoms with Crippen LogP contribution >= 0.6 is 11.3 Å². The molecule has 124 valence electrons. The average molecular weight is 368 g/mol. The molecule has 1 aromatic heterocycles. The normalized spacial score (nSPS) is 11.6. The van der Waals surface area contributed by atoms with Gasteiger partial charge in [-0.3, -0.25) is 10.1 Å². The average Bonchev–Trinajstić information content (AvgIpc) is 2.86. The number of carbonyl (C=O) groups excluding carboxylic acids is 1. The maximum atomic E-state index is 13.2. The minimum absolute atomic E-state index is 0.142. The molecule has 3 rings (SSSR count). The number of nitrogens with zero attached hydrogens (tertiary/aromatic N) is 1. The Balaban J connectivity index is 1.91. The zero-order valence-corrected chi connectivity index (χ0v) is 13.8. The molecule has 0 unspecified atom stereocenters. The number of aromatic nitrogens is 1. The van der Waals surface area contributed by atoms with E-state index in [0.717, 1.165) is 29.7 Å². The topological polar surface area (TPSA) is 76.1 Å². The number of anilines is 1. The van der Waals surface area contributed by atoms with Crippen molar-refractivity contribution in [2.75, 3.05) is 11.6 Å². The summed E-state index contributed by atoms with van der Waals surface area (Å²) >= 11 is 1.06. The number of sulfone groups is 1. The Morgan fingerprint density at radius 3 is 2.42 bits per heavy atom. The lowest BCUT2D eigenvalue weighted by Crippen LogP contribution is -2.12. The van der Waals surface area contributed by atoms with Crippen LogP contribution in [-0.4, -0.2) is 25.6 Å². The molecule has 0 saturated heterocycles. The van der Waals surface area contributed by atoms with Crippen LogP contribution < -0.4 is 5.32 Å². The highest BCUT2D eigenvalue weighted by molar-refractivity contribution is 7.90. The minimum Gasteiger partial charge on any atom is -0.298 e. The molecule has 0 aliphatic carbocycles. The van der Waals surface area contributed by atoms with E-state index in [0.29, 0.717) is 16.3 Å². The summed E-state index contributed by atoms with van der Waals surface area (Å²) in [5, 5.41) is 2.65. The van der Waals surface area contributed by atoms with E-state index >= 15 is 0 Å². The van der Waals surface area contributed by atoms with Crippen molar-refractivity contribution in [1.82, 2.24) is 4.98 Å². The summed E-state index contributed by atoms with van der Waals surface area (Å²) in [5.74, 6) is -2.43. The Morgan fingerprint density at radius 2 is 1.79 bits per heavy atom. The largest absolute Gasteiger partial charge is 0.298 e. The van der Waals surface area contributed by atoms with Gasteiger partial charge in [-0.25, -0.2) is 22.2 Å². The maximum absolute atomic E-state index is 13.2. The molecule has 0 radical (unpaired) electrons. The quantitative estimate of drug-likeness (QED) is 0.770. The molecule has 1 heterocycles. The van der Waals surface area contributed by atoms with Gasteiger partial charge >= 0.3 is 0 Å². The van der Waals surface area contributed by atoms with Crippen LogP contribution in [0.4, 0.5) is 13.9 Å². The number of amides is 1. The number of rotatable bonds is 3. The van der Waals surface area contributed by atoms with E-state index in [1.54, 1.807) is 0 Å². The highest BCUT2D eigenvalue weighted by Crippen LogP contribution is 2.28. The number of thiazole rings is 1. The summed E-state index contributed by atoms with van der Waals surface area (Å²) in [6, 6.07) is 6.90. The van der Waals surface area contributed by atoms with Crippen molar-refractivity contribution in [2.45, 2.75) is 4.90 Å². The third-order valence-corrected chi connectivity index (χ3v) is 5.18. The van der Waals surface area contributed by atoms with Crippen molar-refractivity contribution in [3.63, 3.8) is 0 Å². The molecular formula is C15H10F2N2O3S2. The summed E-state index contributed by atoms with van der Waals surface area (Å²) in [6.07, 6.45) is 1.09. The van der Waals surface area contributed by atoms with E-state index in [1.807, 2.05) is 0 Å². The summed E-state index contributed by atoms with van der Waals surface area (Å²) in [7, 11) is -3.35. The Labute approximate surface area is 139 Å². The summed E-state index contributed by atoms with van der Waals surface area (Å²) in [5.41, 5.74) is 0.330. The van der Waals surface area contributed by atoms with Crippen LogP contribution in [0.15, 0.2) is 41.3 Å². The van der Waals surface area contributed by atoms with Crippen molar-refractivity contribution in [2.24, 2.45) is 0 Å². The maximum Gasteiger partial charge on any atom is 0.257 e. The van der Waals surface area contributed by atoms with E-state index in [-0.39, 0.29) is 15.6 Å². The van der Waals surface area contributed by atoms with Gasteiger partial charge in [0.15, 0.2) is 15.0 Å². The molecule has 0 fully saturated rings. The van der Waals surface area contributed by atoms with Gasteiger partial charge in [0.2, 0.25) is 0 Å². The van der Waals surface area contributed by atoms with Crippen LogP contribution in [0.25, 0.3) is 10.2 Å². The van der Waals surface area contributed by atoms with Crippen molar-refractivity contribution in [1.29, 1.82) is 0 Å². The molecule has 2 aromatic carbocycles. The minimum atomic E-state index is -3.35. The van der Waals surface area contributed by atoms with Crippen LogP contribution in [0.5, 0.6) is 0 Å².